The minimum Gasteiger partial charge on any atom is -0.207 e. The zero-order valence-electron chi connectivity index (χ0n) is 11.1. The zero-order valence-corrected chi connectivity index (χ0v) is 13.5. The molecule has 0 aromatic heterocycles. The molecule has 0 fully saturated rings. The Morgan fingerprint density at radius 2 is 1.72 bits per heavy atom. The van der Waals surface area contributed by atoms with Gasteiger partial charge in [0.05, 0.1) is 4.90 Å². The quantitative estimate of drug-likeness (QED) is 0.798. The van der Waals surface area contributed by atoms with Gasteiger partial charge in [-0.2, -0.15) is 4.31 Å². The van der Waals surface area contributed by atoms with Crippen molar-refractivity contribution in [3.05, 3.63) is 28.2 Å². The van der Waals surface area contributed by atoms with Gasteiger partial charge < -0.3 is 0 Å². The fourth-order valence-corrected chi connectivity index (χ4v) is 3.92. The molecule has 0 aliphatic rings. The maximum absolute atomic E-state index is 12.5. The maximum Gasteiger partial charge on any atom is 0.243 e. The van der Waals surface area contributed by atoms with Crippen LogP contribution in [-0.2, 0) is 10.0 Å². The third-order valence-corrected chi connectivity index (χ3v) is 5.48. The van der Waals surface area contributed by atoms with Crippen molar-refractivity contribution in [1.82, 2.24) is 4.31 Å². The third kappa shape index (κ3) is 3.56. The van der Waals surface area contributed by atoms with Crippen LogP contribution in [0.5, 0.6) is 0 Å². The summed E-state index contributed by atoms with van der Waals surface area (Å²) in [4.78, 5) is 0.363. The highest BCUT2D eigenvalue weighted by Crippen LogP contribution is 2.23. The van der Waals surface area contributed by atoms with Gasteiger partial charge >= 0.3 is 0 Å². The molecule has 1 aromatic carbocycles. The van der Waals surface area contributed by atoms with Crippen LogP contribution in [0, 0.1) is 6.92 Å². The number of aryl methyl sites for hydroxylation is 1. The lowest BCUT2D eigenvalue weighted by molar-refractivity contribution is 0.410. The van der Waals surface area contributed by atoms with E-state index in [9.17, 15) is 8.42 Å². The number of halogens is 1. The van der Waals surface area contributed by atoms with E-state index in [1.807, 2.05) is 26.8 Å². The van der Waals surface area contributed by atoms with Crippen LogP contribution in [0.15, 0.2) is 27.6 Å². The first-order valence-electron chi connectivity index (χ1n) is 6.19. The van der Waals surface area contributed by atoms with Crippen LogP contribution in [0.4, 0.5) is 0 Å². The van der Waals surface area contributed by atoms with E-state index < -0.39 is 10.0 Å². The van der Waals surface area contributed by atoms with Gasteiger partial charge in [-0.05, 0) is 37.5 Å². The lowest BCUT2D eigenvalue weighted by atomic mass is 10.2. The Balaban J connectivity index is 3.13. The first kappa shape index (κ1) is 15.7. The summed E-state index contributed by atoms with van der Waals surface area (Å²) in [6.45, 7) is 7.06. The highest BCUT2D eigenvalue weighted by molar-refractivity contribution is 9.10. The molecule has 3 nitrogen and oxygen atoms in total. The van der Waals surface area contributed by atoms with E-state index in [0.717, 1.165) is 22.9 Å². The van der Waals surface area contributed by atoms with Gasteiger partial charge in [0.2, 0.25) is 10.0 Å². The second-order valence-electron chi connectivity index (χ2n) is 4.32. The summed E-state index contributed by atoms with van der Waals surface area (Å²) in [5.41, 5.74) is 1.03. The predicted octanol–water partition coefficient (Wildman–Crippen LogP) is 3.57. The Morgan fingerprint density at radius 3 is 2.17 bits per heavy atom. The monoisotopic (exact) mass is 333 g/mol. The Labute approximate surface area is 118 Å². The van der Waals surface area contributed by atoms with E-state index in [-0.39, 0.29) is 0 Å². The highest BCUT2D eigenvalue weighted by atomic mass is 79.9. The van der Waals surface area contributed by atoms with Crippen LogP contribution in [-0.4, -0.2) is 25.8 Å². The fraction of sp³-hybridized carbons (Fsp3) is 0.538. The van der Waals surface area contributed by atoms with Crippen LogP contribution in [0.3, 0.4) is 0 Å². The lowest BCUT2D eigenvalue weighted by Gasteiger charge is -2.21. The topological polar surface area (TPSA) is 37.4 Å². The molecule has 0 aliphatic heterocycles. The molecule has 0 amide bonds. The summed E-state index contributed by atoms with van der Waals surface area (Å²) in [6, 6.07) is 5.18. The molecule has 0 aliphatic carbocycles. The third-order valence-electron chi connectivity index (χ3n) is 2.73. The molecule has 0 bridgehead atoms. The van der Waals surface area contributed by atoms with Crippen LogP contribution >= 0.6 is 15.9 Å². The summed E-state index contributed by atoms with van der Waals surface area (Å²) in [5.74, 6) is 0. The molecule has 0 saturated carbocycles. The van der Waals surface area contributed by atoms with Crippen molar-refractivity contribution >= 4 is 26.0 Å². The average Bonchev–Trinajstić information content (AvgIpc) is 2.32. The van der Waals surface area contributed by atoms with Gasteiger partial charge in [-0.25, -0.2) is 8.42 Å². The molecule has 102 valence electrons. The molecule has 18 heavy (non-hydrogen) atoms. The molecule has 5 heteroatoms. The minimum atomic E-state index is -3.36. The lowest BCUT2D eigenvalue weighted by Crippen LogP contribution is -2.32. The Kier molecular flexibility index (Phi) is 5.82. The molecule has 0 unspecified atom stereocenters. The number of rotatable bonds is 6. The number of nitrogens with zero attached hydrogens (tertiary/aromatic N) is 1. The van der Waals surface area contributed by atoms with Gasteiger partial charge in [0.25, 0.3) is 0 Å². The molecule has 0 N–H and O–H groups in total. The smallest absolute Gasteiger partial charge is 0.207 e. The van der Waals surface area contributed by atoms with Gasteiger partial charge in [-0.1, -0.05) is 35.8 Å². The van der Waals surface area contributed by atoms with Gasteiger partial charge in [0.1, 0.15) is 0 Å². The van der Waals surface area contributed by atoms with Gasteiger partial charge in [-0.3, -0.25) is 0 Å². The van der Waals surface area contributed by atoms with Gasteiger partial charge in [0, 0.05) is 17.6 Å². The summed E-state index contributed by atoms with van der Waals surface area (Å²) < 4.78 is 27.4. The number of hydrogen-bond donors (Lipinski definition) is 0. The maximum atomic E-state index is 12.5. The van der Waals surface area contributed by atoms with Gasteiger partial charge in [-0.15, -0.1) is 0 Å². The van der Waals surface area contributed by atoms with Crippen LogP contribution in [0.1, 0.15) is 32.3 Å². The van der Waals surface area contributed by atoms with E-state index in [0.29, 0.717) is 18.0 Å². The molecular formula is C13H20BrNO2S. The van der Waals surface area contributed by atoms with Gasteiger partial charge in [0.15, 0.2) is 0 Å². The SMILES string of the molecule is CCCN(CCC)S(=O)(=O)c1ccc(C)c(Br)c1. The summed E-state index contributed by atoms with van der Waals surface area (Å²) >= 11 is 3.38. The summed E-state index contributed by atoms with van der Waals surface area (Å²) in [5, 5.41) is 0. The van der Waals surface area contributed by atoms with Crippen molar-refractivity contribution in [2.75, 3.05) is 13.1 Å². The Hall–Kier alpha value is -0.390. The molecule has 0 atom stereocenters. The van der Waals surface area contributed by atoms with E-state index in [4.69, 9.17) is 0 Å². The van der Waals surface area contributed by atoms with E-state index in [1.54, 1.807) is 16.4 Å². The standard InChI is InChI=1S/C13H20BrNO2S/c1-4-8-15(9-5-2)18(16,17)12-7-6-11(3)13(14)10-12/h6-7,10H,4-5,8-9H2,1-3H3. The molecular weight excluding hydrogens is 314 g/mol. The molecule has 0 saturated heterocycles. The largest absolute Gasteiger partial charge is 0.243 e. The zero-order chi connectivity index (χ0) is 13.8. The van der Waals surface area contributed by atoms with Crippen molar-refractivity contribution < 1.29 is 8.42 Å². The molecule has 0 heterocycles. The molecule has 0 spiro atoms. The first-order chi connectivity index (χ1) is 8.43. The molecule has 1 rings (SSSR count). The summed E-state index contributed by atoms with van der Waals surface area (Å²) in [7, 11) is -3.36. The first-order valence-corrected chi connectivity index (χ1v) is 8.43. The van der Waals surface area contributed by atoms with Crippen LogP contribution < -0.4 is 0 Å². The van der Waals surface area contributed by atoms with Crippen molar-refractivity contribution in [2.45, 2.75) is 38.5 Å². The van der Waals surface area contributed by atoms with Crippen LogP contribution in [0.2, 0.25) is 0 Å². The molecule has 1 aromatic rings. The average molecular weight is 334 g/mol. The fourth-order valence-electron chi connectivity index (χ4n) is 1.73. The highest BCUT2D eigenvalue weighted by Gasteiger charge is 2.23. The van der Waals surface area contributed by atoms with E-state index in [2.05, 4.69) is 15.9 Å². The number of benzene rings is 1. The van der Waals surface area contributed by atoms with Crippen molar-refractivity contribution in [3.8, 4) is 0 Å². The van der Waals surface area contributed by atoms with E-state index >= 15 is 0 Å². The van der Waals surface area contributed by atoms with Crippen molar-refractivity contribution in [1.29, 1.82) is 0 Å². The second-order valence-corrected chi connectivity index (χ2v) is 7.11. The minimum absolute atomic E-state index is 0.363. The number of hydrogen-bond acceptors (Lipinski definition) is 2. The summed E-state index contributed by atoms with van der Waals surface area (Å²) in [6.07, 6.45) is 1.65. The van der Waals surface area contributed by atoms with Crippen molar-refractivity contribution in [2.24, 2.45) is 0 Å². The van der Waals surface area contributed by atoms with Crippen LogP contribution in [0.25, 0.3) is 0 Å². The number of sulfonamides is 1. The van der Waals surface area contributed by atoms with E-state index in [1.165, 1.54) is 0 Å². The molecule has 0 radical (unpaired) electrons. The van der Waals surface area contributed by atoms with Crippen molar-refractivity contribution in [3.63, 3.8) is 0 Å². The Bertz CT molecular complexity index is 494. The second kappa shape index (κ2) is 6.68. The Morgan fingerprint density at radius 1 is 1.17 bits per heavy atom. The predicted molar refractivity (Wildman–Crippen MR) is 78.2 cm³/mol. The normalized spacial score (nSPS) is 12.1.